The second kappa shape index (κ2) is 9.89. The molecule has 0 fully saturated rings. The van der Waals surface area contributed by atoms with Gasteiger partial charge in [0.2, 0.25) is 5.91 Å². The van der Waals surface area contributed by atoms with Crippen molar-refractivity contribution in [1.82, 2.24) is 14.9 Å². The number of aromatic nitrogens is 2. The summed E-state index contributed by atoms with van der Waals surface area (Å²) in [5, 5.41) is 3.63. The summed E-state index contributed by atoms with van der Waals surface area (Å²) in [6.45, 7) is 6.28. The first-order valence-electron chi connectivity index (χ1n) is 10.1. The van der Waals surface area contributed by atoms with Crippen LogP contribution in [0.25, 0.3) is 10.9 Å². The number of hydrogen-bond donors (Lipinski definition) is 1. The number of carbonyl (C=O) groups is 1. The number of nitrogens with zero attached hydrogens (tertiary/aromatic N) is 2. The van der Waals surface area contributed by atoms with Gasteiger partial charge in [0.05, 0.1) is 22.2 Å². The molecule has 0 saturated carbocycles. The number of benzene rings is 2. The highest BCUT2D eigenvalue weighted by atomic mass is 32.2. The van der Waals surface area contributed by atoms with Crippen LogP contribution in [0.3, 0.4) is 0 Å². The number of unbranched alkanes of at least 4 members (excludes halogenated alkanes) is 1. The van der Waals surface area contributed by atoms with E-state index >= 15 is 0 Å². The lowest BCUT2D eigenvalue weighted by molar-refractivity contribution is -0.120. The second-order valence-corrected chi connectivity index (χ2v) is 8.57. The fourth-order valence-corrected chi connectivity index (χ4v) is 4.07. The van der Waals surface area contributed by atoms with Crippen LogP contribution in [0.4, 0.5) is 4.39 Å². The van der Waals surface area contributed by atoms with Gasteiger partial charge in [-0.2, -0.15) is 0 Å². The van der Waals surface area contributed by atoms with E-state index in [9.17, 15) is 14.0 Å². The minimum Gasteiger partial charge on any atom is -0.349 e. The maximum atomic E-state index is 13.1. The van der Waals surface area contributed by atoms with Gasteiger partial charge < -0.3 is 5.32 Å². The van der Waals surface area contributed by atoms with Gasteiger partial charge in [-0.25, -0.2) is 9.37 Å². The summed E-state index contributed by atoms with van der Waals surface area (Å²) in [5.74, 6) is -0.477. The fourth-order valence-electron chi connectivity index (χ4n) is 3.13. The average molecular weight is 428 g/mol. The monoisotopic (exact) mass is 427 g/mol. The molecule has 1 amide bonds. The summed E-state index contributed by atoms with van der Waals surface area (Å²) < 4.78 is 14.8. The van der Waals surface area contributed by atoms with E-state index in [1.807, 2.05) is 25.1 Å². The maximum absolute atomic E-state index is 13.1. The summed E-state index contributed by atoms with van der Waals surface area (Å²) in [5.41, 5.74) is 1.37. The van der Waals surface area contributed by atoms with Gasteiger partial charge in [-0.1, -0.05) is 49.4 Å². The summed E-state index contributed by atoms with van der Waals surface area (Å²) >= 11 is 1.28. The van der Waals surface area contributed by atoms with Crippen molar-refractivity contribution in [2.45, 2.75) is 56.6 Å². The molecule has 0 radical (unpaired) electrons. The van der Waals surface area contributed by atoms with Crippen molar-refractivity contribution in [3.8, 4) is 0 Å². The minimum absolute atomic E-state index is 0.0798. The van der Waals surface area contributed by atoms with E-state index in [1.165, 1.54) is 23.9 Å². The van der Waals surface area contributed by atoms with Crippen molar-refractivity contribution in [1.29, 1.82) is 0 Å². The van der Waals surface area contributed by atoms with Crippen LogP contribution < -0.4 is 10.9 Å². The first-order chi connectivity index (χ1) is 14.4. The fraction of sp³-hybridized carbons (Fsp3) is 0.348. The van der Waals surface area contributed by atoms with Crippen LogP contribution in [0.1, 0.15) is 45.2 Å². The second-order valence-electron chi connectivity index (χ2n) is 7.26. The Morgan fingerprint density at radius 1 is 1.17 bits per heavy atom. The Morgan fingerprint density at radius 3 is 2.57 bits per heavy atom. The highest BCUT2D eigenvalue weighted by Gasteiger charge is 2.21. The number of nitrogens with one attached hydrogen (secondary N) is 1. The molecule has 3 aromatic rings. The van der Waals surface area contributed by atoms with E-state index in [1.54, 1.807) is 29.7 Å². The molecule has 0 aliphatic heterocycles. The Bertz CT molecular complexity index is 1080. The summed E-state index contributed by atoms with van der Waals surface area (Å²) in [6.07, 6.45) is 1.81. The van der Waals surface area contributed by atoms with Gasteiger partial charge in [0.1, 0.15) is 5.82 Å². The molecule has 1 heterocycles. The third kappa shape index (κ3) is 5.08. The van der Waals surface area contributed by atoms with Gasteiger partial charge in [-0.3, -0.25) is 14.2 Å². The standard InChI is InChI=1S/C23H26FN3O2S/c1-4-5-14-27-22(29)19-8-6-7-9-20(19)26-23(27)30-16(3)21(28)25-15(2)17-10-12-18(24)13-11-17/h6-13,15-16H,4-5,14H2,1-3H3,(H,25,28)/t15-,16+/m1/s1. The van der Waals surface area contributed by atoms with Crippen molar-refractivity contribution in [2.24, 2.45) is 0 Å². The van der Waals surface area contributed by atoms with Crippen molar-refractivity contribution in [3.05, 3.63) is 70.3 Å². The average Bonchev–Trinajstić information content (AvgIpc) is 2.74. The predicted molar refractivity (Wildman–Crippen MR) is 119 cm³/mol. The first-order valence-corrected chi connectivity index (χ1v) is 11.0. The summed E-state index contributed by atoms with van der Waals surface area (Å²) in [7, 11) is 0. The number of para-hydroxylation sites is 1. The summed E-state index contributed by atoms with van der Waals surface area (Å²) in [4.78, 5) is 30.4. The molecule has 5 nitrogen and oxygen atoms in total. The topological polar surface area (TPSA) is 64.0 Å². The van der Waals surface area contributed by atoms with E-state index in [0.29, 0.717) is 22.6 Å². The lowest BCUT2D eigenvalue weighted by atomic mass is 10.1. The van der Waals surface area contributed by atoms with E-state index in [4.69, 9.17) is 0 Å². The Kier molecular flexibility index (Phi) is 7.26. The molecule has 0 spiro atoms. The molecule has 1 N–H and O–H groups in total. The van der Waals surface area contributed by atoms with Crippen molar-refractivity contribution >= 4 is 28.6 Å². The molecule has 0 aliphatic rings. The van der Waals surface area contributed by atoms with Gasteiger partial charge >= 0.3 is 0 Å². The minimum atomic E-state index is -0.450. The van der Waals surface area contributed by atoms with Crippen LogP contribution in [0.15, 0.2) is 58.5 Å². The Balaban J connectivity index is 1.80. The van der Waals surface area contributed by atoms with Crippen LogP contribution in [0, 0.1) is 5.82 Å². The zero-order chi connectivity index (χ0) is 21.7. The molecule has 2 atom stereocenters. The number of hydrogen-bond acceptors (Lipinski definition) is 4. The quantitative estimate of drug-likeness (QED) is 0.418. The number of fused-ring (bicyclic) bond motifs is 1. The predicted octanol–water partition coefficient (Wildman–Crippen LogP) is 4.69. The molecule has 3 rings (SSSR count). The van der Waals surface area contributed by atoms with Crippen molar-refractivity contribution in [2.75, 3.05) is 0 Å². The zero-order valence-electron chi connectivity index (χ0n) is 17.4. The van der Waals surface area contributed by atoms with Crippen molar-refractivity contribution in [3.63, 3.8) is 0 Å². The SMILES string of the molecule is CCCCn1c(S[C@@H](C)C(=O)N[C@H](C)c2ccc(F)cc2)nc2ccccc2c1=O. The molecule has 30 heavy (non-hydrogen) atoms. The van der Waals surface area contributed by atoms with E-state index < -0.39 is 5.25 Å². The highest BCUT2D eigenvalue weighted by molar-refractivity contribution is 8.00. The molecule has 0 saturated heterocycles. The van der Waals surface area contributed by atoms with E-state index in [2.05, 4.69) is 17.2 Å². The van der Waals surface area contributed by atoms with Gasteiger partial charge in [0.25, 0.3) is 5.56 Å². The molecular formula is C23H26FN3O2S. The van der Waals surface area contributed by atoms with Crippen LogP contribution in [0.5, 0.6) is 0 Å². The van der Waals surface area contributed by atoms with Crippen LogP contribution in [-0.2, 0) is 11.3 Å². The van der Waals surface area contributed by atoms with Crippen LogP contribution in [0.2, 0.25) is 0 Å². The number of halogens is 1. The number of amides is 1. The smallest absolute Gasteiger partial charge is 0.262 e. The highest BCUT2D eigenvalue weighted by Crippen LogP contribution is 2.24. The summed E-state index contributed by atoms with van der Waals surface area (Å²) in [6, 6.07) is 13.1. The van der Waals surface area contributed by atoms with Crippen LogP contribution in [-0.4, -0.2) is 20.7 Å². The Labute approximate surface area is 179 Å². The third-order valence-corrected chi connectivity index (χ3v) is 6.03. The first kappa shape index (κ1) is 22.0. The van der Waals surface area contributed by atoms with E-state index in [-0.39, 0.29) is 23.3 Å². The number of carbonyl (C=O) groups excluding carboxylic acids is 1. The Morgan fingerprint density at radius 2 is 1.87 bits per heavy atom. The molecule has 0 unspecified atom stereocenters. The number of thioether (sulfide) groups is 1. The van der Waals surface area contributed by atoms with Gasteiger partial charge in [0.15, 0.2) is 5.16 Å². The third-order valence-electron chi connectivity index (χ3n) is 4.94. The van der Waals surface area contributed by atoms with Gasteiger partial charge in [-0.15, -0.1) is 0 Å². The number of rotatable bonds is 8. The normalized spacial score (nSPS) is 13.2. The maximum Gasteiger partial charge on any atom is 0.262 e. The largest absolute Gasteiger partial charge is 0.349 e. The lowest BCUT2D eigenvalue weighted by Crippen LogP contribution is -2.34. The zero-order valence-corrected chi connectivity index (χ0v) is 18.2. The molecule has 0 bridgehead atoms. The molecule has 7 heteroatoms. The molecule has 2 aromatic carbocycles. The van der Waals surface area contributed by atoms with Crippen molar-refractivity contribution < 1.29 is 9.18 Å². The Hall–Kier alpha value is -2.67. The van der Waals surface area contributed by atoms with Gasteiger partial charge in [-0.05, 0) is 50.1 Å². The lowest BCUT2D eigenvalue weighted by Gasteiger charge is -2.19. The van der Waals surface area contributed by atoms with E-state index in [0.717, 1.165) is 18.4 Å². The molecule has 1 aromatic heterocycles. The molecule has 0 aliphatic carbocycles. The van der Waals surface area contributed by atoms with Crippen LogP contribution >= 0.6 is 11.8 Å². The van der Waals surface area contributed by atoms with Gasteiger partial charge in [0, 0.05) is 6.54 Å². The molecular weight excluding hydrogens is 401 g/mol. The molecule has 158 valence electrons.